The fourth-order valence-electron chi connectivity index (χ4n) is 2.00. The van der Waals surface area contributed by atoms with Crippen molar-refractivity contribution in [3.05, 3.63) is 65.2 Å². The van der Waals surface area contributed by atoms with E-state index >= 15 is 0 Å². The van der Waals surface area contributed by atoms with Gasteiger partial charge in [0.05, 0.1) is 6.54 Å². The Morgan fingerprint density at radius 1 is 1.04 bits per heavy atom. The summed E-state index contributed by atoms with van der Waals surface area (Å²) in [5.74, 6) is 0.0540. The molecule has 0 radical (unpaired) electrons. The van der Waals surface area contributed by atoms with E-state index in [0.717, 1.165) is 5.75 Å². The van der Waals surface area contributed by atoms with Crippen LogP contribution in [0.2, 0.25) is 5.02 Å². The second-order valence-electron chi connectivity index (χ2n) is 5.41. The van der Waals surface area contributed by atoms with Gasteiger partial charge in [-0.3, -0.25) is 25.3 Å². The van der Waals surface area contributed by atoms with Crippen molar-refractivity contribution < 1.29 is 14.3 Å². The average molecular weight is 362 g/mol. The molecule has 6 nitrogen and oxygen atoms in total. The van der Waals surface area contributed by atoms with Gasteiger partial charge in [0.1, 0.15) is 12.4 Å². The van der Waals surface area contributed by atoms with Gasteiger partial charge in [0, 0.05) is 17.1 Å². The van der Waals surface area contributed by atoms with Crippen LogP contribution in [0.5, 0.6) is 5.75 Å². The highest BCUT2D eigenvalue weighted by Gasteiger charge is 2.09. The second kappa shape index (κ2) is 9.66. The number of likely N-dealkylation sites (N-methyl/N-ethyl adjacent to an activating group) is 1. The van der Waals surface area contributed by atoms with E-state index in [1.54, 1.807) is 60.5 Å². The van der Waals surface area contributed by atoms with Crippen molar-refractivity contribution in [3.63, 3.8) is 0 Å². The van der Waals surface area contributed by atoms with Crippen LogP contribution < -0.4 is 15.6 Å². The van der Waals surface area contributed by atoms with Crippen LogP contribution in [0.15, 0.2) is 54.6 Å². The molecule has 0 saturated heterocycles. The molecule has 0 aliphatic rings. The number of hydrazine groups is 1. The number of nitrogens with one attached hydrogen (secondary N) is 2. The van der Waals surface area contributed by atoms with Crippen molar-refractivity contribution in [2.75, 3.05) is 26.7 Å². The van der Waals surface area contributed by atoms with E-state index in [-0.39, 0.29) is 18.4 Å². The van der Waals surface area contributed by atoms with Gasteiger partial charge < -0.3 is 4.74 Å². The van der Waals surface area contributed by atoms with Crippen LogP contribution in [-0.4, -0.2) is 43.5 Å². The standard InChI is InChI=1S/C18H20ClN3O3/c1-22(11-12-25-16-9-7-15(19)8-10-16)13-17(23)20-21-18(24)14-5-3-2-4-6-14/h2-10H,11-13H2,1H3,(H,20,23)(H,21,24). The summed E-state index contributed by atoms with van der Waals surface area (Å²) in [6.07, 6.45) is 0. The fraction of sp³-hybridized carbons (Fsp3) is 0.222. The molecule has 132 valence electrons. The molecule has 0 heterocycles. The first-order chi connectivity index (χ1) is 12.0. The van der Waals surface area contributed by atoms with Crippen molar-refractivity contribution >= 4 is 23.4 Å². The summed E-state index contributed by atoms with van der Waals surface area (Å²) in [4.78, 5) is 25.4. The third-order valence-electron chi connectivity index (χ3n) is 3.32. The van der Waals surface area contributed by atoms with Gasteiger partial charge in [-0.25, -0.2) is 0 Å². The predicted molar refractivity (Wildman–Crippen MR) is 96.5 cm³/mol. The SMILES string of the molecule is CN(CCOc1ccc(Cl)cc1)CC(=O)NNC(=O)c1ccccc1. The summed E-state index contributed by atoms with van der Waals surface area (Å²) >= 11 is 5.81. The van der Waals surface area contributed by atoms with Crippen LogP contribution in [0.1, 0.15) is 10.4 Å². The Bertz CT molecular complexity index is 692. The third-order valence-corrected chi connectivity index (χ3v) is 3.57. The lowest BCUT2D eigenvalue weighted by Gasteiger charge is -2.17. The van der Waals surface area contributed by atoms with Crippen molar-refractivity contribution in [2.24, 2.45) is 0 Å². The number of hydrogen-bond donors (Lipinski definition) is 2. The Morgan fingerprint density at radius 3 is 2.40 bits per heavy atom. The summed E-state index contributed by atoms with van der Waals surface area (Å²) in [5.41, 5.74) is 5.25. The molecule has 0 aliphatic carbocycles. The molecule has 0 spiro atoms. The van der Waals surface area contributed by atoms with Crippen LogP contribution in [0, 0.1) is 0 Å². The number of benzene rings is 2. The molecule has 0 aromatic heterocycles. The zero-order valence-corrected chi connectivity index (χ0v) is 14.6. The minimum absolute atomic E-state index is 0.138. The number of amides is 2. The largest absolute Gasteiger partial charge is 0.492 e. The molecule has 2 rings (SSSR count). The molecule has 2 aromatic carbocycles. The number of carbonyl (C=O) groups is 2. The first kappa shape index (κ1) is 18.8. The lowest BCUT2D eigenvalue weighted by atomic mass is 10.2. The van der Waals surface area contributed by atoms with Crippen molar-refractivity contribution in [1.29, 1.82) is 0 Å². The van der Waals surface area contributed by atoms with E-state index in [1.165, 1.54) is 0 Å². The molecule has 0 unspecified atom stereocenters. The van der Waals surface area contributed by atoms with Gasteiger partial charge in [0.25, 0.3) is 11.8 Å². The topological polar surface area (TPSA) is 70.7 Å². The molecule has 0 bridgehead atoms. The molecular weight excluding hydrogens is 342 g/mol. The van der Waals surface area contributed by atoms with Crippen molar-refractivity contribution in [1.82, 2.24) is 15.8 Å². The Hall–Kier alpha value is -2.57. The van der Waals surface area contributed by atoms with E-state index in [0.29, 0.717) is 23.7 Å². The van der Waals surface area contributed by atoms with Gasteiger partial charge in [0.2, 0.25) is 0 Å². The predicted octanol–water partition coefficient (Wildman–Crippen LogP) is 2.11. The highest BCUT2D eigenvalue weighted by molar-refractivity contribution is 6.30. The molecule has 2 amide bonds. The molecule has 25 heavy (non-hydrogen) atoms. The minimum Gasteiger partial charge on any atom is -0.492 e. The Balaban J connectivity index is 1.64. The second-order valence-corrected chi connectivity index (χ2v) is 5.84. The molecule has 2 N–H and O–H groups in total. The van der Waals surface area contributed by atoms with E-state index in [2.05, 4.69) is 10.9 Å². The molecular formula is C18H20ClN3O3. The van der Waals surface area contributed by atoms with Crippen LogP contribution in [0.4, 0.5) is 0 Å². The van der Waals surface area contributed by atoms with E-state index < -0.39 is 0 Å². The average Bonchev–Trinajstić information content (AvgIpc) is 2.62. The van der Waals surface area contributed by atoms with Crippen LogP contribution >= 0.6 is 11.6 Å². The molecule has 0 fully saturated rings. The molecule has 0 aliphatic heterocycles. The number of rotatable bonds is 7. The summed E-state index contributed by atoms with van der Waals surface area (Å²) in [6, 6.07) is 15.7. The van der Waals surface area contributed by atoms with Gasteiger partial charge in [-0.15, -0.1) is 0 Å². The zero-order chi connectivity index (χ0) is 18.1. The Morgan fingerprint density at radius 2 is 1.72 bits per heavy atom. The summed E-state index contributed by atoms with van der Waals surface area (Å²) in [5, 5.41) is 0.652. The van der Waals surface area contributed by atoms with Gasteiger partial charge in [0.15, 0.2) is 0 Å². The van der Waals surface area contributed by atoms with E-state index in [1.807, 2.05) is 6.07 Å². The molecule has 7 heteroatoms. The number of carbonyl (C=O) groups excluding carboxylic acids is 2. The third kappa shape index (κ3) is 6.82. The Kier molecular flexibility index (Phi) is 7.25. The molecule has 2 aromatic rings. The maximum atomic E-state index is 11.8. The van der Waals surface area contributed by atoms with Crippen LogP contribution in [-0.2, 0) is 4.79 Å². The van der Waals surface area contributed by atoms with E-state index in [4.69, 9.17) is 16.3 Å². The van der Waals surface area contributed by atoms with Crippen molar-refractivity contribution in [2.45, 2.75) is 0 Å². The number of ether oxygens (including phenoxy) is 1. The van der Waals surface area contributed by atoms with E-state index in [9.17, 15) is 9.59 Å². The summed E-state index contributed by atoms with van der Waals surface area (Å²) in [6.45, 7) is 1.13. The van der Waals surface area contributed by atoms with Crippen LogP contribution in [0.25, 0.3) is 0 Å². The smallest absolute Gasteiger partial charge is 0.269 e. The van der Waals surface area contributed by atoms with Gasteiger partial charge in [-0.05, 0) is 43.4 Å². The fourth-order valence-corrected chi connectivity index (χ4v) is 2.13. The summed E-state index contributed by atoms with van der Waals surface area (Å²) < 4.78 is 5.57. The van der Waals surface area contributed by atoms with Crippen LogP contribution in [0.3, 0.4) is 0 Å². The lowest BCUT2D eigenvalue weighted by molar-refractivity contribution is -0.122. The van der Waals surface area contributed by atoms with Gasteiger partial charge in [-0.2, -0.15) is 0 Å². The minimum atomic E-state index is -0.359. The molecule has 0 saturated carbocycles. The zero-order valence-electron chi connectivity index (χ0n) is 13.9. The quantitative estimate of drug-likeness (QED) is 0.741. The van der Waals surface area contributed by atoms with Gasteiger partial charge >= 0.3 is 0 Å². The van der Waals surface area contributed by atoms with Crippen molar-refractivity contribution in [3.8, 4) is 5.75 Å². The first-order valence-corrected chi connectivity index (χ1v) is 8.13. The molecule has 0 atom stereocenters. The normalized spacial score (nSPS) is 10.4. The maximum absolute atomic E-state index is 11.8. The summed E-state index contributed by atoms with van der Waals surface area (Å²) in [7, 11) is 1.80. The Labute approximate surface area is 151 Å². The highest BCUT2D eigenvalue weighted by Crippen LogP contribution is 2.15. The van der Waals surface area contributed by atoms with Gasteiger partial charge in [-0.1, -0.05) is 29.8 Å². The maximum Gasteiger partial charge on any atom is 0.269 e. The number of nitrogens with zero attached hydrogens (tertiary/aromatic N) is 1. The number of hydrogen-bond acceptors (Lipinski definition) is 4. The highest BCUT2D eigenvalue weighted by atomic mass is 35.5. The monoisotopic (exact) mass is 361 g/mol. The number of halogens is 1. The lowest BCUT2D eigenvalue weighted by Crippen LogP contribution is -2.46. The first-order valence-electron chi connectivity index (χ1n) is 7.76.